The predicted molar refractivity (Wildman–Crippen MR) is 44.0 cm³/mol. The zero-order chi connectivity index (χ0) is 8.04. The molecular weight excluding hydrogens is 124 g/mol. The minimum Gasteiger partial charge on any atom is -0.303 e. The summed E-state index contributed by atoms with van der Waals surface area (Å²) in [6.07, 6.45) is 5.20. The molecule has 0 N–H and O–H groups in total. The van der Waals surface area contributed by atoms with Crippen LogP contribution in [0.15, 0.2) is 0 Å². The zero-order valence-corrected chi connectivity index (χ0v) is 7.31. The Morgan fingerprint density at radius 1 is 1.20 bits per heavy atom. The van der Waals surface area contributed by atoms with E-state index in [1.54, 1.807) is 0 Å². The number of carbonyl (C=O) groups excluding carboxylic acids is 1. The number of unbranched alkanes of at least 4 members (excludes halogenated alkanes) is 2. The molecule has 0 rings (SSSR count). The van der Waals surface area contributed by atoms with Crippen molar-refractivity contribution in [3.63, 3.8) is 0 Å². The van der Waals surface area contributed by atoms with Gasteiger partial charge in [0.15, 0.2) is 0 Å². The van der Waals surface area contributed by atoms with Gasteiger partial charge in [-0.2, -0.15) is 0 Å². The van der Waals surface area contributed by atoms with Crippen LogP contribution in [-0.2, 0) is 4.79 Å². The fraction of sp³-hybridized carbons (Fsp3) is 0.889. The minimum absolute atomic E-state index is 0.433. The highest BCUT2D eigenvalue weighted by molar-refractivity contribution is 5.48. The lowest BCUT2D eigenvalue weighted by Crippen LogP contribution is -2.03. The van der Waals surface area contributed by atoms with E-state index in [0.29, 0.717) is 5.41 Å². The second-order valence-corrected chi connectivity index (χ2v) is 3.97. The smallest absolute Gasteiger partial charge is 0.119 e. The van der Waals surface area contributed by atoms with Crippen molar-refractivity contribution in [2.75, 3.05) is 0 Å². The Bertz CT molecular complexity index is 89.4. The van der Waals surface area contributed by atoms with E-state index >= 15 is 0 Å². The van der Waals surface area contributed by atoms with Gasteiger partial charge in [0.05, 0.1) is 0 Å². The molecule has 0 fully saturated rings. The van der Waals surface area contributed by atoms with Gasteiger partial charge in [0.25, 0.3) is 0 Å². The van der Waals surface area contributed by atoms with Crippen molar-refractivity contribution in [1.29, 1.82) is 0 Å². The maximum atomic E-state index is 9.93. The van der Waals surface area contributed by atoms with E-state index in [9.17, 15) is 4.79 Å². The summed E-state index contributed by atoms with van der Waals surface area (Å²) in [5, 5.41) is 0. The molecule has 0 aromatic rings. The van der Waals surface area contributed by atoms with Crippen molar-refractivity contribution < 1.29 is 4.79 Å². The Balaban J connectivity index is 3.12. The summed E-state index contributed by atoms with van der Waals surface area (Å²) in [5.41, 5.74) is 0.433. The molecule has 1 heteroatoms. The topological polar surface area (TPSA) is 17.1 Å². The second kappa shape index (κ2) is 4.48. The van der Waals surface area contributed by atoms with Crippen LogP contribution >= 0.6 is 0 Å². The van der Waals surface area contributed by atoms with Crippen molar-refractivity contribution >= 4 is 6.29 Å². The summed E-state index contributed by atoms with van der Waals surface area (Å²) in [6.45, 7) is 6.69. The molecule has 0 aromatic carbocycles. The van der Waals surface area contributed by atoms with Crippen LogP contribution in [0.25, 0.3) is 0 Å². The highest BCUT2D eigenvalue weighted by Crippen LogP contribution is 2.21. The van der Waals surface area contributed by atoms with E-state index in [-0.39, 0.29) is 0 Å². The van der Waals surface area contributed by atoms with Crippen LogP contribution in [0.5, 0.6) is 0 Å². The quantitative estimate of drug-likeness (QED) is 0.435. The minimum atomic E-state index is 0.433. The first-order chi connectivity index (χ1) is 4.56. The van der Waals surface area contributed by atoms with Crippen LogP contribution < -0.4 is 0 Å². The molecular formula is C9H18O. The van der Waals surface area contributed by atoms with Gasteiger partial charge >= 0.3 is 0 Å². The van der Waals surface area contributed by atoms with Gasteiger partial charge in [-0.15, -0.1) is 0 Å². The molecule has 0 heterocycles. The summed E-state index contributed by atoms with van der Waals surface area (Å²) in [7, 11) is 0. The van der Waals surface area contributed by atoms with Crippen LogP contribution in [0.1, 0.15) is 46.5 Å². The lowest BCUT2D eigenvalue weighted by molar-refractivity contribution is -0.107. The number of hydrogen-bond donors (Lipinski definition) is 0. The number of aldehydes is 1. The Kier molecular flexibility index (Phi) is 4.33. The molecule has 0 spiro atoms. The lowest BCUT2D eigenvalue weighted by atomic mass is 9.90. The van der Waals surface area contributed by atoms with Crippen molar-refractivity contribution in [3.8, 4) is 0 Å². The molecule has 1 nitrogen and oxygen atoms in total. The standard InChI is InChI=1S/C9H18O/c1-9(2,3)7-5-4-6-8-10/h8H,4-7H2,1-3H3. The molecule has 0 aliphatic rings. The normalized spacial score (nSPS) is 11.5. The lowest BCUT2D eigenvalue weighted by Gasteiger charge is -2.16. The molecule has 0 bridgehead atoms. The largest absolute Gasteiger partial charge is 0.303 e. The van der Waals surface area contributed by atoms with Crippen molar-refractivity contribution in [3.05, 3.63) is 0 Å². The molecule has 0 amide bonds. The highest BCUT2D eigenvalue weighted by Gasteiger charge is 2.08. The Labute approximate surface area is 63.8 Å². The predicted octanol–water partition coefficient (Wildman–Crippen LogP) is 2.79. The average Bonchev–Trinajstić information content (AvgIpc) is 1.78. The third-order valence-corrected chi connectivity index (χ3v) is 1.50. The zero-order valence-electron chi connectivity index (χ0n) is 7.31. The summed E-state index contributed by atoms with van der Waals surface area (Å²) in [5.74, 6) is 0. The molecule has 0 saturated carbocycles. The van der Waals surface area contributed by atoms with Gasteiger partial charge in [0.1, 0.15) is 6.29 Å². The molecule has 0 atom stereocenters. The SMILES string of the molecule is CC(C)(C)CCCCC=O. The fourth-order valence-corrected chi connectivity index (χ4v) is 0.883. The first-order valence-corrected chi connectivity index (χ1v) is 4.00. The fourth-order valence-electron chi connectivity index (χ4n) is 0.883. The maximum Gasteiger partial charge on any atom is 0.119 e. The van der Waals surface area contributed by atoms with E-state index in [1.807, 2.05) is 0 Å². The molecule has 0 aromatic heterocycles. The third-order valence-electron chi connectivity index (χ3n) is 1.50. The van der Waals surface area contributed by atoms with Gasteiger partial charge in [0.2, 0.25) is 0 Å². The van der Waals surface area contributed by atoms with E-state index in [4.69, 9.17) is 0 Å². The number of hydrogen-bond acceptors (Lipinski definition) is 1. The van der Waals surface area contributed by atoms with Crippen molar-refractivity contribution in [2.45, 2.75) is 46.5 Å². The van der Waals surface area contributed by atoms with Crippen molar-refractivity contribution in [2.24, 2.45) is 5.41 Å². The van der Waals surface area contributed by atoms with Gasteiger partial charge in [-0.3, -0.25) is 0 Å². The number of carbonyl (C=O) groups is 1. The van der Waals surface area contributed by atoms with Gasteiger partial charge < -0.3 is 4.79 Å². The summed E-state index contributed by atoms with van der Waals surface area (Å²) >= 11 is 0. The van der Waals surface area contributed by atoms with E-state index in [2.05, 4.69) is 20.8 Å². The molecule has 60 valence electrons. The molecule has 0 aliphatic carbocycles. The van der Waals surface area contributed by atoms with Crippen LogP contribution in [0, 0.1) is 5.41 Å². The van der Waals surface area contributed by atoms with Gasteiger partial charge in [-0.05, 0) is 18.3 Å². The van der Waals surface area contributed by atoms with Crippen molar-refractivity contribution in [1.82, 2.24) is 0 Å². The first-order valence-electron chi connectivity index (χ1n) is 4.00. The van der Waals surface area contributed by atoms with Crippen LogP contribution in [0.2, 0.25) is 0 Å². The summed E-state index contributed by atoms with van der Waals surface area (Å²) in [4.78, 5) is 9.93. The first kappa shape index (κ1) is 9.67. The van der Waals surface area contributed by atoms with Crippen LogP contribution in [0.3, 0.4) is 0 Å². The van der Waals surface area contributed by atoms with Gasteiger partial charge in [-0.1, -0.05) is 27.2 Å². The Hall–Kier alpha value is -0.330. The van der Waals surface area contributed by atoms with Crippen LogP contribution in [-0.4, -0.2) is 6.29 Å². The Morgan fingerprint density at radius 3 is 2.20 bits per heavy atom. The highest BCUT2D eigenvalue weighted by atomic mass is 16.1. The molecule has 0 radical (unpaired) electrons. The van der Waals surface area contributed by atoms with E-state index in [1.165, 1.54) is 12.8 Å². The number of rotatable bonds is 4. The maximum absolute atomic E-state index is 9.93. The second-order valence-electron chi connectivity index (χ2n) is 3.97. The summed E-state index contributed by atoms with van der Waals surface area (Å²) < 4.78 is 0. The van der Waals surface area contributed by atoms with Crippen LogP contribution in [0.4, 0.5) is 0 Å². The average molecular weight is 142 g/mol. The third kappa shape index (κ3) is 7.67. The van der Waals surface area contributed by atoms with E-state index in [0.717, 1.165) is 19.1 Å². The molecule has 0 unspecified atom stereocenters. The monoisotopic (exact) mass is 142 g/mol. The van der Waals surface area contributed by atoms with E-state index < -0.39 is 0 Å². The van der Waals surface area contributed by atoms with Gasteiger partial charge in [-0.25, -0.2) is 0 Å². The molecule has 0 saturated heterocycles. The molecule has 0 aliphatic heterocycles. The van der Waals surface area contributed by atoms with Gasteiger partial charge in [0, 0.05) is 6.42 Å². The summed E-state index contributed by atoms with van der Waals surface area (Å²) in [6, 6.07) is 0. The Morgan fingerprint density at radius 2 is 1.80 bits per heavy atom. The molecule has 10 heavy (non-hydrogen) atoms.